The summed E-state index contributed by atoms with van der Waals surface area (Å²) in [5.41, 5.74) is 6.89. The van der Waals surface area contributed by atoms with E-state index in [1.165, 1.54) is 4.88 Å². The number of hydrogen-bond acceptors (Lipinski definition) is 3. The minimum atomic E-state index is 0.0706. The molecule has 3 heteroatoms. The van der Waals surface area contributed by atoms with E-state index in [0.29, 0.717) is 5.92 Å². The molecule has 1 atom stereocenters. The highest BCUT2D eigenvalue weighted by atomic mass is 32.1. The molecule has 2 N–H and O–H groups in total. The molecule has 1 rings (SSSR count). The van der Waals surface area contributed by atoms with Crippen LogP contribution in [0.25, 0.3) is 0 Å². The zero-order chi connectivity index (χ0) is 9.30. The third kappa shape index (κ3) is 1.84. The summed E-state index contributed by atoms with van der Waals surface area (Å²) in [6, 6.07) is 0.0706. The van der Waals surface area contributed by atoms with Gasteiger partial charge in [0.1, 0.15) is 5.01 Å². The maximum Gasteiger partial charge on any atom is 0.110 e. The van der Waals surface area contributed by atoms with Crippen molar-refractivity contribution in [2.24, 2.45) is 5.73 Å². The first kappa shape index (κ1) is 9.68. The minimum Gasteiger partial charge on any atom is -0.322 e. The van der Waals surface area contributed by atoms with E-state index in [4.69, 9.17) is 5.73 Å². The number of rotatable bonds is 2. The summed E-state index contributed by atoms with van der Waals surface area (Å²) in [4.78, 5) is 5.79. The summed E-state index contributed by atoms with van der Waals surface area (Å²) in [5, 5.41) is 1.05. The summed E-state index contributed by atoms with van der Waals surface area (Å²) >= 11 is 1.74. The topological polar surface area (TPSA) is 38.9 Å². The van der Waals surface area contributed by atoms with Crippen molar-refractivity contribution in [1.82, 2.24) is 4.98 Å². The average molecular weight is 184 g/mol. The number of thiazole rings is 1. The largest absolute Gasteiger partial charge is 0.322 e. The Balaban J connectivity index is 3.00. The molecule has 1 heterocycles. The maximum atomic E-state index is 5.74. The van der Waals surface area contributed by atoms with Crippen LogP contribution in [0.15, 0.2) is 0 Å². The fourth-order valence-corrected chi connectivity index (χ4v) is 2.18. The van der Waals surface area contributed by atoms with E-state index in [-0.39, 0.29) is 6.04 Å². The molecule has 68 valence electrons. The molecule has 0 saturated carbocycles. The highest BCUT2D eigenvalue weighted by Gasteiger charge is 2.12. The van der Waals surface area contributed by atoms with Crippen LogP contribution in [0, 0.1) is 6.92 Å². The van der Waals surface area contributed by atoms with E-state index >= 15 is 0 Å². The monoisotopic (exact) mass is 184 g/mol. The minimum absolute atomic E-state index is 0.0706. The molecule has 1 aromatic rings. The normalized spacial score (nSPS) is 13.8. The van der Waals surface area contributed by atoms with Crippen LogP contribution in [0.4, 0.5) is 0 Å². The summed E-state index contributed by atoms with van der Waals surface area (Å²) in [6.45, 7) is 8.40. The lowest BCUT2D eigenvalue weighted by Crippen LogP contribution is -2.03. The van der Waals surface area contributed by atoms with Gasteiger partial charge in [0.05, 0.1) is 11.7 Å². The molecule has 0 bridgehead atoms. The molecule has 0 radical (unpaired) electrons. The van der Waals surface area contributed by atoms with Crippen LogP contribution in [0.2, 0.25) is 0 Å². The number of aryl methyl sites for hydroxylation is 1. The van der Waals surface area contributed by atoms with Gasteiger partial charge in [-0.2, -0.15) is 0 Å². The Morgan fingerprint density at radius 1 is 1.33 bits per heavy atom. The van der Waals surface area contributed by atoms with Crippen LogP contribution in [0.1, 0.15) is 48.3 Å². The van der Waals surface area contributed by atoms with Crippen molar-refractivity contribution < 1.29 is 0 Å². The summed E-state index contributed by atoms with van der Waals surface area (Å²) in [6.07, 6.45) is 0. The number of aromatic nitrogens is 1. The van der Waals surface area contributed by atoms with Gasteiger partial charge in [0.15, 0.2) is 0 Å². The van der Waals surface area contributed by atoms with Gasteiger partial charge in [0.25, 0.3) is 0 Å². The van der Waals surface area contributed by atoms with Crippen molar-refractivity contribution in [1.29, 1.82) is 0 Å². The first-order valence-electron chi connectivity index (χ1n) is 4.25. The van der Waals surface area contributed by atoms with Crippen LogP contribution >= 0.6 is 11.3 Å². The Hall–Kier alpha value is -0.410. The van der Waals surface area contributed by atoms with Gasteiger partial charge >= 0.3 is 0 Å². The van der Waals surface area contributed by atoms with Gasteiger partial charge in [-0.25, -0.2) is 4.98 Å². The van der Waals surface area contributed by atoms with Crippen molar-refractivity contribution in [2.75, 3.05) is 0 Å². The highest BCUT2D eigenvalue weighted by molar-refractivity contribution is 7.11. The second-order valence-electron chi connectivity index (χ2n) is 3.45. The molecular formula is C9H16N2S. The molecular weight excluding hydrogens is 168 g/mol. The summed E-state index contributed by atoms with van der Waals surface area (Å²) in [7, 11) is 0. The maximum absolute atomic E-state index is 5.74. The molecule has 0 aliphatic heterocycles. The first-order chi connectivity index (χ1) is 5.52. The van der Waals surface area contributed by atoms with E-state index in [1.54, 1.807) is 11.3 Å². The van der Waals surface area contributed by atoms with Gasteiger partial charge < -0.3 is 5.73 Å². The fraction of sp³-hybridized carbons (Fsp3) is 0.667. The van der Waals surface area contributed by atoms with Crippen LogP contribution in [0.3, 0.4) is 0 Å². The lowest BCUT2D eigenvalue weighted by atomic mass is 10.1. The summed E-state index contributed by atoms with van der Waals surface area (Å²) < 4.78 is 0. The van der Waals surface area contributed by atoms with Crippen molar-refractivity contribution >= 4 is 11.3 Å². The van der Waals surface area contributed by atoms with Crippen molar-refractivity contribution in [3.8, 4) is 0 Å². The van der Waals surface area contributed by atoms with Gasteiger partial charge in [0, 0.05) is 4.88 Å². The van der Waals surface area contributed by atoms with Gasteiger partial charge in [0.2, 0.25) is 0 Å². The predicted molar refractivity (Wildman–Crippen MR) is 53.5 cm³/mol. The third-order valence-corrected chi connectivity index (χ3v) is 3.42. The van der Waals surface area contributed by atoms with E-state index in [2.05, 4.69) is 25.8 Å². The number of nitrogens with zero attached hydrogens (tertiary/aromatic N) is 1. The smallest absolute Gasteiger partial charge is 0.110 e. The molecule has 0 aliphatic rings. The third-order valence-electron chi connectivity index (χ3n) is 1.76. The first-order valence-corrected chi connectivity index (χ1v) is 5.06. The molecule has 12 heavy (non-hydrogen) atoms. The van der Waals surface area contributed by atoms with Gasteiger partial charge in [-0.15, -0.1) is 11.3 Å². The molecule has 0 fully saturated rings. The second kappa shape index (κ2) is 3.54. The summed E-state index contributed by atoms with van der Waals surface area (Å²) in [5.74, 6) is 0.565. The zero-order valence-electron chi connectivity index (χ0n) is 8.09. The Kier molecular flexibility index (Phi) is 2.85. The Morgan fingerprint density at radius 2 is 1.92 bits per heavy atom. The lowest BCUT2D eigenvalue weighted by molar-refractivity contribution is 0.800. The quantitative estimate of drug-likeness (QED) is 0.767. The van der Waals surface area contributed by atoms with E-state index in [9.17, 15) is 0 Å². The van der Waals surface area contributed by atoms with Crippen LogP contribution in [-0.4, -0.2) is 4.98 Å². The highest BCUT2D eigenvalue weighted by Crippen LogP contribution is 2.28. The lowest BCUT2D eigenvalue weighted by Gasteiger charge is -1.99. The van der Waals surface area contributed by atoms with Gasteiger partial charge in [-0.3, -0.25) is 0 Å². The van der Waals surface area contributed by atoms with Crippen LogP contribution in [-0.2, 0) is 0 Å². The zero-order valence-corrected chi connectivity index (χ0v) is 8.90. The van der Waals surface area contributed by atoms with Crippen molar-refractivity contribution in [3.05, 3.63) is 15.6 Å². The van der Waals surface area contributed by atoms with Crippen LogP contribution in [0.5, 0.6) is 0 Å². The second-order valence-corrected chi connectivity index (χ2v) is 4.51. The van der Waals surface area contributed by atoms with Gasteiger partial charge in [-0.05, 0) is 19.8 Å². The van der Waals surface area contributed by atoms with Crippen LogP contribution < -0.4 is 5.73 Å². The Labute approximate surface area is 77.8 Å². The fourth-order valence-electron chi connectivity index (χ4n) is 1.16. The standard InChI is InChI=1S/C9H16N2S/c1-5(2)8-7(4)11-9(12-8)6(3)10/h5-6H,10H2,1-4H3. The number of nitrogens with two attached hydrogens (primary N) is 1. The molecule has 1 unspecified atom stereocenters. The molecule has 1 aromatic heterocycles. The molecule has 0 saturated heterocycles. The number of hydrogen-bond donors (Lipinski definition) is 1. The molecule has 0 amide bonds. The Morgan fingerprint density at radius 3 is 2.17 bits per heavy atom. The molecule has 2 nitrogen and oxygen atoms in total. The predicted octanol–water partition coefficient (Wildman–Crippen LogP) is 2.59. The van der Waals surface area contributed by atoms with Crippen molar-refractivity contribution in [2.45, 2.75) is 39.7 Å². The van der Waals surface area contributed by atoms with Crippen molar-refractivity contribution in [3.63, 3.8) is 0 Å². The molecule has 0 aliphatic carbocycles. The van der Waals surface area contributed by atoms with Gasteiger partial charge in [-0.1, -0.05) is 13.8 Å². The Bertz CT molecular complexity index is 263. The van der Waals surface area contributed by atoms with E-state index in [1.807, 2.05) is 6.92 Å². The van der Waals surface area contributed by atoms with E-state index in [0.717, 1.165) is 10.7 Å². The van der Waals surface area contributed by atoms with E-state index < -0.39 is 0 Å². The SMILES string of the molecule is Cc1nc(C(C)N)sc1C(C)C. The molecule has 0 aromatic carbocycles. The molecule has 0 spiro atoms. The average Bonchev–Trinajstić information content (AvgIpc) is 2.30.